The number of hydrogen-bond donors (Lipinski definition) is 0. The molecule has 0 saturated carbocycles. The molecule has 1 aromatic carbocycles. The van der Waals surface area contributed by atoms with Gasteiger partial charge in [0.1, 0.15) is 18.1 Å². The second-order valence-electron chi connectivity index (χ2n) is 7.59. The molecule has 0 aromatic heterocycles. The minimum Gasteiger partial charge on any atom is -0.447 e. The summed E-state index contributed by atoms with van der Waals surface area (Å²) in [4.78, 5) is 27.0. The molecule has 2 fully saturated rings. The van der Waals surface area contributed by atoms with Gasteiger partial charge in [0.05, 0.1) is 6.04 Å². The van der Waals surface area contributed by atoms with Gasteiger partial charge < -0.3 is 9.47 Å². The second kappa shape index (κ2) is 8.65. The Labute approximate surface area is 165 Å². The Kier molecular flexibility index (Phi) is 6.48. The lowest BCUT2D eigenvalue weighted by Gasteiger charge is -2.43. The molecule has 2 unspecified atom stereocenters. The molecule has 2 heterocycles. The van der Waals surface area contributed by atoms with Crippen LogP contribution < -0.4 is 0 Å². The summed E-state index contributed by atoms with van der Waals surface area (Å²) >= 11 is 1.72. The van der Waals surface area contributed by atoms with Gasteiger partial charge in [-0.2, -0.15) is 0 Å². The van der Waals surface area contributed by atoms with Gasteiger partial charge in [-0.25, -0.2) is 9.69 Å². The zero-order valence-corrected chi connectivity index (χ0v) is 17.3. The Morgan fingerprint density at radius 1 is 1.15 bits per heavy atom. The maximum absolute atomic E-state index is 13.3. The van der Waals surface area contributed by atoms with Gasteiger partial charge in [-0.3, -0.25) is 4.79 Å². The van der Waals surface area contributed by atoms with Crippen LogP contribution in [0.15, 0.2) is 30.3 Å². The van der Waals surface area contributed by atoms with E-state index in [9.17, 15) is 9.59 Å². The first-order chi connectivity index (χ1) is 12.9. The Bertz CT molecular complexity index is 667. The second-order valence-corrected chi connectivity index (χ2v) is 8.96. The van der Waals surface area contributed by atoms with E-state index in [-0.39, 0.29) is 29.9 Å². The normalized spacial score (nSPS) is 33.8. The lowest BCUT2D eigenvalue weighted by Crippen LogP contribution is -2.54. The van der Waals surface area contributed by atoms with Crippen molar-refractivity contribution in [3.8, 4) is 0 Å². The van der Waals surface area contributed by atoms with Crippen molar-refractivity contribution in [2.24, 2.45) is 17.8 Å². The van der Waals surface area contributed by atoms with Crippen LogP contribution in [0.2, 0.25) is 0 Å². The fourth-order valence-corrected chi connectivity index (χ4v) is 5.02. The summed E-state index contributed by atoms with van der Waals surface area (Å²) in [5, 5.41) is 0. The molecule has 0 spiro atoms. The van der Waals surface area contributed by atoms with Crippen LogP contribution in [0, 0.1) is 17.8 Å². The van der Waals surface area contributed by atoms with Gasteiger partial charge in [0.15, 0.2) is 0 Å². The zero-order valence-electron chi connectivity index (χ0n) is 16.5. The molecule has 1 aromatic rings. The van der Waals surface area contributed by atoms with Crippen LogP contribution in [-0.4, -0.2) is 46.8 Å². The SMILES string of the molecule is CCS[C@H]1OC(C(=O)N2C(=O)OC[C@H]2Cc2ccccc2)[C@H](C)[C@H](C)C1C. The van der Waals surface area contributed by atoms with Gasteiger partial charge in [0, 0.05) is 0 Å². The maximum atomic E-state index is 13.3. The third-order valence-corrected chi connectivity index (χ3v) is 7.14. The summed E-state index contributed by atoms with van der Waals surface area (Å²) < 4.78 is 11.4. The number of imide groups is 1. The molecule has 3 rings (SSSR count). The standard InChI is InChI=1S/C21H29NO4S/c1-5-27-20-15(4)13(2)14(3)18(26-20)19(23)22-17(12-25-21(22)24)11-16-9-7-6-8-10-16/h6-10,13-15,17-18,20H,5,11-12H2,1-4H3/t13-,14+,15?,17+,18?,20+/m0/s1. The summed E-state index contributed by atoms with van der Waals surface area (Å²) in [5.74, 6) is 1.42. The molecule has 148 valence electrons. The van der Waals surface area contributed by atoms with Gasteiger partial charge in [-0.05, 0) is 35.5 Å². The molecule has 0 bridgehead atoms. The third-order valence-electron chi connectivity index (χ3n) is 5.93. The van der Waals surface area contributed by atoms with Crippen molar-refractivity contribution in [1.29, 1.82) is 0 Å². The van der Waals surface area contributed by atoms with E-state index in [0.29, 0.717) is 18.3 Å². The molecular weight excluding hydrogens is 362 g/mol. The zero-order chi connectivity index (χ0) is 19.6. The van der Waals surface area contributed by atoms with E-state index in [1.165, 1.54) is 4.90 Å². The first-order valence-corrected chi connectivity index (χ1v) is 10.8. The van der Waals surface area contributed by atoms with E-state index in [1.54, 1.807) is 11.8 Å². The number of carbonyl (C=O) groups excluding carboxylic acids is 2. The van der Waals surface area contributed by atoms with E-state index in [0.717, 1.165) is 11.3 Å². The Balaban J connectivity index is 1.78. The summed E-state index contributed by atoms with van der Waals surface area (Å²) in [6.45, 7) is 8.72. The maximum Gasteiger partial charge on any atom is 0.417 e. The molecule has 0 radical (unpaired) electrons. The first kappa shape index (κ1) is 20.2. The summed E-state index contributed by atoms with van der Waals surface area (Å²) in [6, 6.07) is 9.59. The molecular formula is C21H29NO4S. The number of benzene rings is 1. The summed E-state index contributed by atoms with van der Waals surface area (Å²) in [5.41, 5.74) is 1.05. The molecule has 2 saturated heterocycles. The molecule has 2 aliphatic heterocycles. The van der Waals surface area contributed by atoms with Crippen molar-refractivity contribution in [3.05, 3.63) is 35.9 Å². The van der Waals surface area contributed by atoms with Gasteiger partial charge >= 0.3 is 6.09 Å². The highest BCUT2D eigenvalue weighted by Gasteiger charge is 2.48. The van der Waals surface area contributed by atoms with E-state index < -0.39 is 12.2 Å². The number of thioether (sulfide) groups is 1. The van der Waals surface area contributed by atoms with E-state index >= 15 is 0 Å². The van der Waals surface area contributed by atoms with E-state index in [2.05, 4.69) is 20.8 Å². The van der Waals surface area contributed by atoms with Crippen molar-refractivity contribution in [1.82, 2.24) is 4.90 Å². The van der Waals surface area contributed by atoms with Gasteiger partial charge in [0.2, 0.25) is 0 Å². The highest BCUT2D eigenvalue weighted by atomic mass is 32.2. The molecule has 2 amide bonds. The van der Waals surface area contributed by atoms with Gasteiger partial charge in [-0.1, -0.05) is 58.0 Å². The number of cyclic esters (lactones) is 1. The lowest BCUT2D eigenvalue weighted by atomic mass is 9.79. The summed E-state index contributed by atoms with van der Waals surface area (Å²) in [6.07, 6.45) is -0.565. The number of nitrogens with zero attached hydrogens (tertiary/aromatic N) is 1. The average molecular weight is 392 g/mol. The van der Waals surface area contributed by atoms with Crippen molar-refractivity contribution in [2.75, 3.05) is 12.4 Å². The first-order valence-electron chi connectivity index (χ1n) is 9.74. The molecule has 0 aliphatic carbocycles. The average Bonchev–Trinajstić information content (AvgIpc) is 3.02. The quantitative estimate of drug-likeness (QED) is 0.760. The Morgan fingerprint density at radius 3 is 2.52 bits per heavy atom. The topological polar surface area (TPSA) is 55.8 Å². The van der Waals surface area contributed by atoms with Crippen LogP contribution >= 0.6 is 11.8 Å². The van der Waals surface area contributed by atoms with Gasteiger partial charge in [0.25, 0.3) is 5.91 Å². The molecule has 27 heavy (non-hydrogen) atoms. The van der Waals surface area contributed by atoms with E-state index in [4.69, 9.17) is 9.47 Å². The fourth-order valence-electron chi connectivity index (χ4n) is 3.94. The van der Waals surface area contributed by atoms with Crippen molar-refractivity contribution in [2.45, 2.75) is 51.7 Å². The highest BCUT2D eigenvalue weighted by molar-refractivity contribution is 7.99. The van der Waals surface area contributed by atoms with Crippen molar-refractivity contribution < 1.29 is 19.1 Å². The van der Waals surface area contributed by atoms with Crippen LogP contribution in [0.25, 0.3) is 0 Å². The number of amides is 2. The van der Waals surface area contributed by atoms with Crippen LogP contribution in [0.5, 0.6) is 0 Å². The highest BCUT2D eigenvalue weighted by Crippen LogP contribution is 2.40. The molecule has 0 N–H and O–H groups in total. The van der Waals surface area contributed by atoms with Crippen LogP contribution in [0.4, 0.5) is 4.79 Å². The predicted molar refractivity (Wildman–Crippen MR) is 106 cm³/mol. The van der Waals surface area contributed by atoms with E-state index in [1.807, 2.05) is 37.3 Å². The molecule has 6 atom stereocenters. The van der Waals surface area contributed by atoms with Crippen molar-refractivity contribution >= 4 is 23.8 Å². The minimum absolute atomic E-state index is 0.0265. The van der Waals surface area contributed by atoms with Crippen LogP contribution in [0.3, 0.4) is 0 Å². The molecule has 2 aliphatic rings. The van der Waals surface area contributed by atoms with Crippen LogP contribution in [-0.2, 0) is 20.7 Å². The number of rotatable bonds is 5. The van der Waals surface area contributed by atoms with Crippen LogP contribution in [0.1, 0.15) is 33.3 Å². The Hall–Kier alpha value is -1.53. The number of hydrogen-bond acceptors (Lipinski definition) is 5. The monoisotopic (exact) mass is 391 g/mol. The smallest absolute Gasteiger partial charge is 0.417 e. The minimum atomic E-state index is -0.607. The molecule has 5 nitrogen and oxygen atoms in total. The van der Waals surface area contributed by atoms with Gasteiger partial charge in [-0.15, -0.1) is 11.8 Å². The lowest BCUT2D eigenvalue weighted by molar-refractivity contribution is -0.159. The third kappa shape index (κ3) is 4.16. The van der Waals surface area contributed by atoms with Crippen molar-refractivity contribution in [3.63, 3.8) is 0 Å². The number of ether oxygens (including phenoxy) is 2. The molecule has 6 heteroatoms. The largest absolute Gasteiger partial charge is 0.447 e. The number of carbonyl (C=O) groups is 2. The Morgan fingerprint density at radius 2 is 1.85 bits per heavy atom. The predicted octanol–water partition coefficient (Wildman–Crippen LogP) is 3.96. The summed E-state index contributed by atoms with van der Waals surface area (Å²) in [7, 11) is 0. The fraction of sp³-hybridized carbons (Fsp3) is 0.619.